The number of rotatable bonds is 5. The van der Waals surface area contributed by atoms with Crippen molar-refractivity contribution in [2.45, 2.75) is 58.0 Å². The van der Waals surface area contributed by atoms with E-state index in [0.717, 1.165) is 31.2 Å². The molecule has 32 heavy (non-hydrogen) atoms. The average Bonchev–Trinajstić information content (AvgIpc) is 3.33. The van der Waals surface area contributed by atoms with Gasteiger partial charge in [0.25, 0.3) is 0 Å². The molecule has 2 aliphatic rings. The van der Waals surface area contributed by atoms with Crippen molar-refractivity contribution in [2.24, 2.45) is 11.8 Å². The van der Waals surface area contributed by atoms with Crippen LogP contribution in [0.1, 0.15) is 61.3 Å². The first kappa shape index (κ1) is 22.4. The van der Waals surface area contributed by atoms with Crippen molar-refractivity contribution < 1.29 is 18.4 Å². The van der Waals surface area contributed by atoms with E-state index in [9.17, 15) is 18.4 Å². The molecular formula is C26H30F2N2O2. The van der Waals surface area contributed by atoms with Crippen LogP contribution in [0, 0.1) is 30.4 Å². The first-order valence-corrected chi connectivity index (χ1v) is 11.5. The van der Waals surface area contributed by atoms with Gasteiger partial charge in [-0.15, -0.1) is 0 Å². The zero-order valence-electron chi connectivity index (χ0n) is 18.4. The van der Waals surface area contributed by atoms with Crippen molar-refractivity contribution in [3.05, 3.63) is 70.8 Å². The largest absolute Gasteiger partial charge is 0.352 e. The number of likely N-dealkylation sites (tertiary alicyclic amines) is 1. The van der Waals surface area contributed by atoms with Gasteiger partial charge in [-0.1, -0.05) is 37.1 Å². The van der Waals surface area contributed by atoms with Crippen LogP contribution in [0.5, 0.6) is 0 Å². The Hall–Kier alpha value is -2.76. The van der Waals surface area contributed by atoms with Gasteiger partial charge < -0.3 is 10.2 Å². The Kier molecular flexibility index (Phi) is 6.87. The minimum atomic E-state index is -0.333. The number of amides is 2. The smallest absolute Gasteiger partial charge is 0.226 e. The van der Waals surface area contributed by atoms with Crippen LogP contribution in [-0.2, 0) is 16.1 Å². The lowest BCUT2D eigenvalue weighted by Crippen LogP contribution is -2.48. The maximum atomic E-state index is 13.8. The summed E-state index contributed by atoms with van der Waals surface area (Å²) in [6.45, 7) is 2.34. The van der Waals surface area contributed by atoms with Crippen LogP contribution in [0.2, 0.25) is 0 Å². The summed E-state index contributed by atoms with van der Waals surface area (Å²) < 4.78 is 27.2. The molecule has 0 spiro atoms. The molecule has 2 atom stereocenters. The van der Waals surface area contributed by atoms with E-state index in [1.54, 1.807) is 25.1 Å². The first-order valence-electron chi connectivity index (χ1n) is 11.5. The lowest BCUT2D eigenvalue weighted by Gasteiger charge is -2.41. The topological polar surface area (TPSA) is 49.4 Å². The molecule has 1 aliphatic heterocycles. The van der Waals surface area contributed by atoms with E-state index in [1.807, 2.05) is 11.0 Å². The Morgan fingerprint density at radius 1 is 1.00 bits per heavy atom. The zero-order valence-corrected chi connectivity index (χ0v) is 18.4. The molecule has 0 aromatic heterocycles. The summed E-state index contributed by atoms with van der Waals surface area (Å²) in [5.74, 6) is -0.905. The van der Waals surface area contributed by atoms with Gasteiger partial charge in [0.05, 0.1) is 12.0 Å². The van der Waals surface area contributed by atoms with Gasteiger partial charge in [-0.3, -0.25) is 9.59 Å². The molecule has 2 aromatic rings. The van der Waals surface area contributed by atoms with E-state index in [2.05, 4.69) is 5.32 Å². The highest BCUT2D eigenvalue weighted by molar-refractivity contribution is 5.83. The number of halogens is 2. The minimum absolute atomic E-state index is 0.00755. The molecule has 2 aromatic carbocycles. The van der Waals surface area contributed by atoms with E-state index >= 15 is 0 Å². The van der Waals surface area contributed by atoms with Crippen molar-refractivity contribution in [1.82, 2.24) is 10.2 Å². The fourth-order valence-corrected chi connectivity index (χ4v) is 5.04. The quantitative estimate of drug-likeness (QED) is 0.707. The molecule has 1 saturated heterocycles. The van der Waals surface area contributed by atoms with Gasteiger partial charge in [0.1, 0.15) is 11.6 Å². The SMILES string of the molecule is Cc1cc(C2CCC(C(=O)NCc3cccc(F)c3)CN2C(=O)C2CCCC2)ccc1F. The van der Waals surface area contributed by atoms with Crippen LogP contribution in [0.25, 0.3) is 0 Å². The maximum absolute atomic E-state index is 13.8. The summed E-state index contributed by atoms with van der Waals surface area (Å²) in [7, 11) is 0. The zero-order chi connectivity index (χ0) is 22.7. The third-order valence-electron chi connectivity index (χ3n) is 6.86. The van der Waals surface area contributed by atoms with Crippen LogP contribution in [0.15, 0.2) is 42.5 Å². The number of nitrogens with zero attached hydrogens (tertiary/aromatic N) is 1. The second kappa shape index (κ2) is 9.80. The van der Waals surface area contributed by atoms with Crippen molar-refractivity contribution in [2.75, 3.05) is 6.54 Å². The number of hydrogen-bond donors (Lipinski definition) is 1. The van der Waals surface area contributed by atoms with Gasteiger partial charge in [-0.2, -0.15) is 0 Å². The van der Waals surface area contributed by atoms with Crippen molar-refractivity contribution in [3.63, 3.8) is 0 Å². The molecule has 0 bridgehead atoms. The van der Waals surface area contributed by atoms with E-state index < -0.39 is 0 Å². The Labute approximate surface area is 188 Å². The number of hydrogen-bond acceptors (Lipinski definition) is 2. The first-order chi connectivity index (χ1) is 15.4. The van der Waals surface area contributed by atoms with Crippen molar-refractivity contribution >= 4 is 11.8 Å². The van der Waals surface area contributed by atoms with Crippen LogP contribution < -0.4 is 5.32 Å². The van der Waals surface area contributed by atoms with E-state index in [1.165, 1.54) is 18.2 Å². The Morgan fingerprint density at radius 3 is 2.50 bits per heavy atom. The molecule has 1 aliphatic carbocycles. The molecule has 1 saturated carbocycles. The number of carbonyl (C=O) groups excluding carboxylic acids is 2. The average molecular weight is 441 g/mol. The highest BCUT2D eigenvalue weighted by atomic mass is 19.1. The van der Waals surface area contributed by atoms with Crippen LogP contribution in [-0.4, -0.2) is 23.3 Å². The molecule has 1 heterocycles. The van der Waals surface area contributed by atoms with Gasteiger partial charge in [0.2, 0.25) is 11.8 Å². The molecule has 2 unspecified atom stereocenters. The third-order valence-corrected chi connectivity index (χ3v) is 6.86. The highest BCUT2D eigenvalue weighted by Gasteiger charge is 2.38. The normalized spacial score (nSPS) is 21.5. The number of piperidine rings is 1. The van der Waals surface area contributed by atoms with Gasteiger partial charge in [0.15, 0.2) is 0 Å². The lowest BCUT2D eigenvalue weighted by molar-refractivity contribution is -0.142. The van der Waals surface area contributed by atoms with E-state index in [0.29, 0.717) is 30.5 Å². The Morgan fingerprint density at radius 2 is 1.78 bits per heavy atom. The predicted octanol–water partition coefficient (Wildman–Crippen LogP) is 5.06. The Balaban J connectivity index is 1.49. The molecule has 170 valence electrons. The molecule has 6 heteroatoms. The molecule has 2 amide bonds. The summed E-state index contributed by atoms with van der Waals surface area (Å²) >= 11 is 0. The fourth-order valence-electron chi connectivity index (χ4n) is 5.04. The molecule has 4 rings (SSSR count). The second-order valence-electron chi connectivity index (χ2n) is 9.12. The summed E-state index contributed by atoms with van der Waals surface area (Å²) in [5.41, 5.74) is 2.19. The van der Waals surface area contributed by atoms with Crippen LogP contribution in [0.3, 0.4) is 0 Å². The summed E-state index contributed by atoms with van der Waals surface area (Å²) in [4.78, 5) is 28.2. The maximum Gasteiger partial charge on any atom is 0.226 e. The third kappa shape index (κ3) is 5.00. The van der Waals surface area contributed by atoms with E-state index in [-0.39, 0.29) is 47.9 Å². The minimum Gasteiger partial charge on any atom is -0.352 e. The summed E-state index contributed by atoms with van der Waals surface area (Å²) in [6.07, 6.45) is 5.19. The Bertz CT molecular complexity index is 988. The number of carbonyl (C=O) groups is 2. The van der Waals surface area contributed by atoms with Crippen molar-refractivity contribution in [3.8, 4) is 0 Å². The molecule has 1 N–H and O–H groups in total. The number of aryl methyl sites for hydroxylation is 1. The number of benzene rings is 2. The molecule has 0 radical (unpaired) electrons. The lowest BCUT2D eigenvalue weighted by atomic mass is 9.86. The highest BCUT2D eigenvalue weighted by Crippen LogP contribution is 2.37. The van der Waals surface area contributed by atoms with Crippen LogP contribution >= 0.6 is 0 Å². The molecular weight excluding hydrogens is 410 g/mol. The van der Waals surface area contributed by atoms with Gasteiger partial charge >= 0.3 is 0 Å². The van der Waals surface area contributed by atoms with Crippen molar-refractivity contribution in [1.29, 1.82) is 0 Å². The monoisotopic (exact) mass is 440 g/mol. The van der Waals surface area contributed by atoms with E-state index in [4.69, 9.17) is 0 Å². The predicted molar refractivity (Wildman–Crippen MR) is 119 cm³/mol. The van der Waals surface area contributed by atoms with Gasteiger partial charge in [-0.05, 0) is 67.5 Å². The van der Waals surface area contributed by atoms with Gasteiger partial charge in [0, 0.05) is 19.0 Å². The van der Waals surface area contributed by atoms with Crippen LogP contribution in [0.4, 0.5) is 8.78 Å². The fraction of sp³-hybridized carbons (Fsp3) is 0.462. The number of nitrogens with one attached hydrogen (secondary N) is 1. The summed E-state index contributed by atoms with van der Waals surface area (Å²) in [6, 6.07) is 11.1. The summed E-state index contributed by atoms with van der Waals surface area (Å²) in [5, 5.41) is 2.90. The van der Waals surface area contributed by atoms with Gasteiger partial charge in [-0.25, -0.2) is 8.78 Å². The second-order valence-corrected chi connectivity index (χ2v) is 9.12. The molecule has 4 nitrogen and oxygen atoms in total. The standard InChI is InChI=1S/C26H30F2N2O2/c1-17-13-20(9-11-23(17)28)24-12-10-21(16-30(24)26(32)19-6-2-3-7-19)25(31)29-15-18-5-4-8-22(27)14-18/h4-5,8-9,11,13-14,19,21,24H,2-3,6-7,10,12,15-16H2,1H3,(H,29,31). The molecule has 2 fully saturated rings.